The molecule has 0 N–H and O–H groups in total. The molecule has 2 aliphatic rings. The maximum atomic E-state index is 9.58. The van der Waals surface area contributed by atoms with Crippen LogP contribution in [0.15, 0.2) is 10.6 Å². The molecule has 0 aromatic carbocycles. The number of aromatic nitrogens is 3. The van der Waals surface area contributed by atoms with Gasteiger partial charge in [-0.15, -0.1) is 0 Å². The van der Waals surface area contributed by atoms with Crippen LogP contribution in [0.4, 0.5) is 5.82 Å². The number of aryl methyl sites for hydroxylation is 3. The molecule has 6 heteroatoms. The van der Waals surface area contributed by atoms with Crippen molar-refractivity contribution in [1.82, 2.24) is 15.1 Å². The van der Waals surface area contributed by atoms with Crippen LogP contribution in [0.5, 0.6) is 0 Å². The number of piperidine rings is 1. The van der Waals surface area contributed by atoms with E-state index in [1.54, 1.807) is 0 Å². The average Bonchev–Trinajstić information content (AvgIpc) is 3.07. The van der Waals surface area contributed by atoms with E-state index in [9.17, 15) is 5.26 Å². The highest BCUT2D eigenvalue weighted by atomic mass is 16.5. The molecule has 1 fully saturated rings. The topological polar surface area (TPSA) is 78.8 Å². The van der Waals surface area contributed by atoms with E-state index < -0.39 is 0 Å². The molecule has 2 aromatic heterocycles. The van der Waals surface area contributed by atoms with E-state index in [0.29, 0.717) is 17.3 Å². The van der Waals surface area contributed by atoms with Gasteiger partial charge in [0.1, 0.15) is 11.9 Å². The third kappa shape index (κ3) is 2.75. The summed E-state index contributed by atoms with van der Waals surface area (Å²) in [5.41, 5.74) is 3.12. The van der Waals surface area contributed by atoms with Crippen LogP contribution in [0.25, 0.3) is 0 Å². The summed E-state index contributed by atoms with van der Waals surface area (Å²) in [4.78, 5) is 11.5. The molecular weight excluding hydrogens is 302 g/mol. The first-order valence-corrected chi connectivity index (χ1v) is 8.72. The Morgan fingerprint density at radius 2 is 2.12 bits per heavy atom. The summed E-state index contributed by atoms with van der Waals surface area (Å²) in [6.45, 7) is 3.54. The van der Waals surface area contributed by atoms with Crippen LogP contribution in [-0.4, -0.2) is 28.2 Å². The molecule has 0 bridgehead atoms. The van der Waals surface area contributed by atoms with Crippen LogP contribution in [0, 0.1) is 18.3 Å². The third-order valence-corrected chi connectivity index (χ3v) is 5.01. The fourth-order valence-corrected chi connectivity index (χ4v) is 3.80. The van der Waals surface area contributed by atoms with E-state index in [-0.39, 0.29) is 5.92 Å². The van der Waals surface area contributed by atoms with Gasteiger partial charge >= 0.3 is 0 Å². The van der Waals surface area contributed by atoms with Crippen LogP contribution in [0.2, 0.25) is 0 Å². The van der Waals surface area contributed by atoms with Gasteiger partial charge in [-0.2, -0.15) is 10.2 Å². The first-order chi connectivity index (χ1) is 11.7. The molecular formula is C18H21N5O. The first kappa shape index (κ1) is 15.1. The number of pyridine rings is 1. The normalized spacial score (nSPS) is 20.5. The molecule has 0 saturated carbocycles. The molecule has 0 spiro atoms. The van der Waals surface area contributed by atoms with Crippen LogP contribution in [0.1, 0.15) is 60.1 Å². The van der Waals surface area contributed by atoms with Gasteiger partial charge in [-0.25, -0.2) is 4.98 Å². The molecule has 124 valence electrons. The Bertz CT molecular complexity index is 791. The molecule has 2 aromatic rings. The maximum absolute atomic E-state index is 9.58. The van der Waals surface area contributed by atoms with E-state index in [1.165, 1.54) is 24.1 Å². The van der Waals surface area contributed by atoms with Crippen molar-refractivity contribution < 1.29 is 4.52 Å². The van der Waals surface area contributed by atoms with Crippen LogP contribution < -0.4 is 4.90 Å². The maximum Gasteiger partial charge on any atom is 0.231 e. The number of fused-ring (bicyclic) bond motifs is 1. The van der Waals surface area contributed by atoms with Gasteiger partial charge < -0.3 is 9.42 Å². The lowest BCUT2D eigenvalue weighted by atomic mass is 9.94. The minimum atomic E-state index is 0.212. The fourth-order valence-electron chi connectivity index (χ4n) is 3.80. The van der Waals surface area contributed by atoms with Gasteiger partial charge in [0, 0.05) is 18.8 Å². The zero-order valence-electron chi connectivity index (χ0n) is 14.0. The van der Waals surface area contributed by atoms with Gasteiger partial charge in [0.05, 0.1) is 11.5 Å². The number of hydrogen-bond donors (Lipinski definition) is 0. The monoisotopic (exact) mass is 323 g/mol. The highest BCUT2D eigenvalue weighted by Crippen LogP contribution is 2.32. The molecule has 1 atom stereocenters. The molecule has 0 unspecified atom stereocenters. The first-order valence-electron chi connectivity index (χ1n) is 8.72. The molecule has 24 heavy (non-hydrogen) atoms. The van der Waals surface area contributed by atoms with E-state index in [1.807, 2.05) is 6.92 Å². The highest BCUT2D eigenvalue weighted by Gasteiger charge is 2.28. The second kappa shape index (κ2) is 6.23. The molecule has 0 amide bonds. The SMILES string of the molecule is Cc1noc([C@@H]2CCCN(c3nc4c(cc3C#N)CCCC4)C2)n1. The number of anilines is 1. The quantitative estimate of drug-likeness (QED) is 0.845. The zero-order valence-corrected chi connectivity index (χ0v) is 14.0. The minimum Gasteiger partial charge on any atom is -0.355 e. The zero-order chi connectivity index (χ0) is 16.5. The number of hydrogen-bond acceptors (Lipinski definition) is 6. The van der Waals surface area contributed by atoms with Crippen molar-refractivity contribution in [3.63, 3.8) is 0 Å². The van der Waals surface area contributed by atoms with Crippen molar-refractivity contribution in [3.05, 3.63) is 34.6 Å². The fraction of sp³-hybridized carbons (Fsp3) is 0.556. The summed E-state index contributed by atoms with van der Waals surface area (Å²) >= 11 is 0. The summed E-state index contributed by atoms with van der Waals surface area (Å²) in [5, 5.41) is 13.5. The third-order valence-electron chi connectivity index (χ3n) is 5.01. The van der Waals surface area contributed by atoms with Gasteiger partial charge in [-0.05, 0) is 57.1 Å². The Morgan fingerprint density at radius 3 is 2.92 bits per heavy atom. The number of nitriles is 1. The summed E-state index contributed by atoms with van der Waals surface area (Å²) < 4.78 is 5.36. The molecule has 3 heterocycles. The van der Waals surface area contributed by atoms with Crippen molar-refractivity contribution in [2.24, 2.45) is 0 Å². The summed E-state index contributed by atoms with van der Waals surface area (Å²) in [6.07, 6.45) is 6.52. The van der Waals surface area contributed by atoms with Crippen LogP contribution in [0.3, 0.4) is 0 Å². The van der Waals surface area contributed by atoms with Crippen molar-refractivity contribution in [2.45, 2.75) is 51.4 Å². The van der Waals surface area contributed by atoms with E-state index >= 15 is 0 Å². The predicted molar refractivity (Wildman–Crippen MR) is 88.8 cm³/mol. The second-order valence-corrected chi connectivity index (χ2v) is 6.75. The van der Waals surface area contributed by atoms with E-state index in [4.69, 9.17) is 9.51 Å². The van der Waals surface area contributed by atoms with Gasteiger partial charge in [0.25, 0.3) is 0 Å². The molecule has 4 rings (SSSR count). The number of nitrogens with zero attached hydrogens (tertiary/aromatic N) is 5. The summed E-state index contributed by atoms with van der Waals surface area (Å²) in [7, 11) is 0. The van der Waals surface area contributed by atoms with Gasteiger partial charge in [0.2, 0.25) is 5.89 Å². The summed E-state index contributed by atoms with van der Waals surface area (Å²) in [5.74, 6) is 2.42. The van der Waals surface area contributed by atoms with E-state index in [0.717, 1.165) is 44.6 Å². The highest BCUT2D eigenvalue weighted by molar-refractivity contribution is 5.57. The Labute approximate surface area is 141 Å². The average molecular weight is 323 g/mol. The lowest BCUT2D eigenvalue weighted by Crippen LogP contribution is -2.36. The minimum absolute atomic E-state index is 0.212. The molecule has 1 aliphatic carbocycles. The van der Waals surface area contributed by atoms with Crippen molar-refractivity contribution in [1.29, 1.82) is 5.26 Å². The largest absolute Gasteiger partial charge is 0.355 e. The van der Waals surface area contributed by atoms with Gasteiger partial charge in [-0.3, -0.25) is 0 Å². The standard InChI is InChI=1S/C18H21N5O/c1-12-20-18(24-22-12)14-6-4-8-23(11-14)17-15(10-19)9-13-5-2-3-7-16(13)21-17/h9,14H,2-8,11H2,1H3/t14-/m1/s1. The smallest absolute Gasteiger partial charge is 0.231 e. The van der Waals surface area contributed by atoms with Gasteiger partial charge in [-0.1, -0.05) is 5.16 Å². The molecule has 1 saturated heterocycles. The number of rotatable bonds is 2. The Morgan fingerprint density at radius 1 is 1.25 bits per heavy atom. The van der Waals surface area contributed by atoms with E-state index in [2.05, 4.69) is 27.2 Å². The second-order valence-electron chi connectivity index (χ2n) is 6.75. The Kier molecular flexibility index (Phi) is 3.93. The van der Waals surface area contributed by atoms with Crippen molar-refractivity contribution in [3.8, 4) is 6.07 Å². The molecule has 0 radical (unpaired) electrons. The summed E-state index contributed by atoms with van der Waals surface area (Å²) in [6, 6.07) is 4.40. The van der Waals surface area contributed by atoms with Crippen LogP contribution in [-0.2, 0) is 12.8 Å². The Hall–Kier alpha value is -2.42. The lowest BCUT2D eigenvalue weighted by molar-refractivity contribution is 0.331. The molecule has 1 aliphatic heterocycles. The van der Waals surface area contributed by atoms with Crippen molar-refractivity contribution >= 4 is 5.82 Å². The van der Waals surface area contributed by atoms with Crippen molar-refractivity contribution in [2.75, 3.05) is 18.0 Å². The predicted octanol–water partition coefficient (Wildman–Crippen LogP) is 2.91. The van der Waals surface area contributed by atoms with Gasteiger partial charge in [0.15, 0.2) is 5.82 Å². The Balaban J connectivity index is 1.64. The lowest BCUT2D eigenvalue weighted by Gasteiger charge is -2.33. The molecule has 6 nitrogen and oxygen atoms in total. The van der Waals surface area contributed by atoms with Crippen LogP contribution >= 0.6 is 0 Å².